The third-order valence-electron chi connectivity index (χ3n) is 2.37. The number of rotatable bonds is 2. The summed E-state index contributed by atoms with van der Waals surface area (Å²) < 4.78 is 12.8. The summed E-state index contributed by atoms with van der Waals surface area (Å²) >= 11 is 0. The Bertz CT molecular complexity index is 451. The number of alkyl halides is 1. The average molecular weight is 202 g/mol. The first kappa shape index (κ1) is 9.71. The van der Waals surface area contributed by atoms with E-state index in [0.29, 0.717) is 5.56 Å². The lowest BCUT2D eigenvalue weighted by Crippen LogP contribution is -1.87. The zero-order chi connectivity index (χ0) is 10.7. The van der Waals surface area contributed by atoms with Crippen LogP contribution in [0.4, 0.5) is 4.39 Å². The van der Waals surface area contributed by atoms with Crippen molar-refractivity contribution >= 4 is 0 Å². The molecule has 0 fully saturated rings. The first-order valence-electron chi connectivity index (χ1n) is 4.75. The molecule has 0 radical (unpaired) electrons. The van der Waals surface area contributed by atoms with Gasteiger partial charge in [-0.3, -0.25) is 0 Å². The lowest BCUT2D eigenvalue weighted by atomic mass is 10.00. The van der Waals surface area contributed by atoms with Gasteiger partial charge < -0.3 is 5.11 Å². The minimum absolute atomic E-state index is 0.0128. The van der Waals surface area contributed by atoms with Crippen LogP contribution in [0.15, 0.2) is 48.5 Å². The molecule has 0 aliphatic heterocycles. The molecular formula is C13H11FO. The minimum Gasteiger partial charge on any atom is -0.508 e. The van der Waals surface area contributed by atoms with Gasteiger partial charge >= 0.3 is 0 Å². The highest BCUT2D eigenvalue weighted by atomic mass is 19.1. The van der Waals surface area contributed by atoms with E-state index in [-0.39, 0.29) is 5.75 Å². The number of benzene rings is 2. The fourth-order valence-electron chi connectivity index (χ4n) is 1.60. The third kappa shape index (κ3) is 1.84. The Morgan fingerprint density at radius 2 is 1.67 bits per heavy atom. The van der Waals surface area contributed by atoms with Crippen LogP contribution < -0.4 is 0 Å². The van der Waals surface area contributed by atoms with Crippen LogP contribution in [-0.4, -0.2) is 5.11 Å². The maximum Gasteiger partial charge on any atom is 0.122 e. The minimum atomic E-state index is -0.656. The van der Waals surface area contributed by atoms with Crippen LogP contribution in [0.25, 0.3) is 11.1 Å². The molecule has 0 aliphatic carbocycles. The smallest absolute Gasteiger partial charge is 0.122 e. The van der Waals surface area contributed by atoms with Crippen molar-refractivity contribution in [2.24, 2.45) is 0 Å². The molecule has 0 atom stereocenters. The van der Waals surface area contributed by atoms with Crippen molar-refractivity contribution in [3.63, 3.8) is 0 Å². The van der Waals surface area contributed by atoms with E-state index in [1.807, 2.05) is 36.4 Å². The van der Waals surface area contributed by atoms with Crippen LogP contribution in [0.5, 0.6) is 5.75 Å². The second-order valence-corrected chi connectivity index (χ2v) is 3.30. The van der Waals surface area contributed by atoms with Gasteiger partial charge in [-0.05, 0) is 17.2 Å². The van der Waals surface area contributed by atoms with E-state index in [9.17, 15) is 9.50 Å². The standard InChI is InChI=1S/C13H11FO/c14-9-12-11(7-4-8-13(12)15)10-5-2-1-3-6-10/h1-8,15H,9H2. The number of phenols is 1. The Morgan fingerprint density at radius 1 is 0.933 bits per heavy atom. The predicted molar refractivity (Wildman–Crippen MR) is 58.4 cm³/mol. The largest absolute Gasteiger partial charge is 0.508 e. The number of hydrogen-bond acceptors (Lipinski definition) is 1. The molecule has 2 heteroatoms. The SMILES string of the molecule is Oc1cccc(-c2ccccc2)c1CF. The lowest BCUT2D eigenvalue weighted by molar-refractivity contribution is 0.434. The molecule has 2 rings (SSSR count). The van der Waals surface area contributed by atoms with E-state index in [1.165, 1.54) is 6.07 Å². The quantitative estimate of drug-likeness (QED) is 0.789. The third-order valence-corrected chi connectivity index (χ3v) is 2.37. The molecule has 0 saturated heterocycles. The average Bonchev–Trinajstić information content (AvgIpc) is 2.30. The molecule has 0 aromatic heterocycles. The van der Waals surface area contributed by atoms with Crippen LogP contribution in [0.2, 0.25) is 0 Å². The maximum atomic E-state index is 12.8. The highest BCUT2D eigenvalue weighted by molar-refractivity contribution is 5.69. The molecule has 0 spiro atoms. The molecule has 76 valence electrons. The molecule has 0 heterocycles. The first-order chi connectivity index (χ1) is 7.33. The Hall–Kier alpha value is -1.83. The van der Waals surface area contributed by atoms with Gasteiger partial charge in [-0.1, -0.05) is 42.5 Å². The van der Waals surface area contributed by atoms with Crippen molar-refractivity contribution in [1.82, 2.24) is 0 Å². The van der Waals surface area contributed by atoms with Crippen molar-refractivity contribution in [2.45, 2.75) is 6.67 Å². The van der Waals surface area contributed by atoms with E-state index in [0.717, 1.165) is 11.1 Å². The molecule has 2 aromatic rings. The summed E-state index contributed by atoms with van der Waals surface area (Å²) in [5.74, 6) is 0.0128. The molecule has 0 unspecified atom stereocenters. The van der Waals surface area contributed by atoms with Gasteiger partial charge in [0, 0.05) is 5.56 Å². The summed E-state index contributed by atoms with van der Waals surface area (Å²) in [6, 6.07) is 14.5. The Morgan fingerprint density at radius 3 is 2.33 bits per heavy atom. The molecule has 1 N–H and O–H groups in total. The normalized spacial score (nSPS) is 10.2. The zero-order valence-electron chi connectivity index (χ0n) is 8.15. The van der Waals surface area contributed by atoms with Crippen LogP contribution in [-0.2, 0) is 6.67 Å². The Balaban J connectivity index is 2.58. The van der Waals surface area contributed by atoms with Crippen LogP contribution in [0.1, 0.15) is 5.56 Å². The summed E-state index contributed by atoms with van der Waals surface area (Å²) in [5.41, 5.74) is 2.02. The van der Waals surface area contributed by atoms with Gasteiger partial charge in [-0.15, -0.1) is 0 Å². The van der Waals surface area contributed by atoms with Gasteiger partial charge in [0.05, 0.1) is 0 Å². The van der Waals surface area contributed by atoms with Gasteiger partial charge in [-0.25, -0.2) is 4.39 Å². The number of halogens is 1. The fraction of sp³-hybridized carbons (Fsp3) is 0.0769. The summed E-state index contributed by atoms with van der Waals surface area (Å²) in [6.45, 7) is -0.656. The molecule has 1 nitrogen and oxygen atoms in total. The first-order valence-corrected chi connectivity index (χ1v) is 4.75. The second kappa shape index (κ2) is 4.13. The van der Waals surface area contributed by atoms with Crippen molar-refractivity contribution in [3.8, 4) is 16.9 Å². The predicted octanol–water partition coefficient (Wildman–Crippen LogP) is 3.53. The molecule has 0 saturated carbocycles. The second-order valence-electron chi connectivity index (χ2n) is 3.30. The van der Waals surface area contributed by atoms with E-state index in [2.05, 4.69) is 0 Å². The summed E-state index contributed by atoms with van der Waals surface area (Å²) in [6.07, 6.45) is 0. The lowest BCUT2D eigenvalue weighted by Gasteiger charge is -2.08. The Labute approximate surface area is 87.8 Å². The maximum absolute atomic E-state index is 12.8. The van der Waals surface area contributed by atoms with Crippen molar-refractivity contribution < 1.29 is 9.50 Å². The highest BCUT2D eigenvalue weighted by Crippen LogP contribution is 2.30. The van der Waals surface area contributed by atoms with Gasteiger partial charge in [-0.2, -0.15) is 0 Å². The molecule has 2 aromatic carbocycles. The van der Waals surface area contributed by atoms with Gasteiger partial charge in [0.25, 0.3) is 0 Å². The number of phenolic OH excluding ortho intramolecular Hbond substituents is 1. The number of hydrogen-bond donors (Lipinski definition) is 1. The molecule has 0 amide bonds. The molecular weight excluding hydrogens is 191 g/mol. The van der Waals surface area contributed by atoms with E-state index in [1.54, 1.807) is 6.07 Å². The molecule has 0 bridgehead atoms. The number of aromatic hydroxyl groups is 1. The van der Waals surface area contributed by atoms with Gasteiger partial charge in [0.1, 0.15) is 12.4 Å². The summed E-state index contributed by atoms with van der Waals surface area (Å²) in [5, 5.41) is 9.51. The topological polar surface area (TPSA) is 20.2 Å². The van der Waals surface area contributed by atoms with Crippen LogP contribution in [0.3, 0.4) is 0 Å². The monoisotopic (exact) mass is 202 g/mol. The van der Waals surface area contributed by atoms with Gasteiger partial charge in [0.15, 0.2) is 0 Å². The molecule has 0 aliphatic rings. The van der Waals surface area contributed by atoms with Crippen molar-refractivity contribution in [2.75, 3.05) is 0 Å². The summed E-state index contributed by atoms with van der Waals surface area (Å²) in [4.78, 5) is 0. The van der Waals surface area contributed by atoms with E-state index >= 15 is 0 Å². The molecule has 15 heavy (non-hydrogen) atoms. The van der Waals surface area contributed by atoms with Crippen molar-refractivity contribution in [1.29, 1.82) is 0 Å². The van der Waals surface area contributed by atoms with Crippen LogP contribution in [0, 0.1) is 0 Å². The van der Waals surface area contributed by atoms with Gasteiger partial charge in [0.2, 0.25) is 0 Å². The zero-order valence-corrected chi connectivity index (χ0v) is 8.15. The van der Waals surface area contributed by atoms with E-state index < -0.39 is 6.67 Å². The highest BCUT2D eigenvalue weighted by Gasteiger charge is 2.08. The van der Waals surface area contributed by atoms with Crippen molar-refractivity contribution in [3.05, 3.63) is 54.1 Å². The van der Waals surface area contributed by atoms with E-state index in [4.69, 9.17) is 0 Å². The van der Waals surface area contributed by atoms with Crippen LogP contribution >= 0.6 is 0 Å². The Kier molecular flexibility index (Phi) is 2.68. The summed E-state index contributed by atoms with van der Waals surface area (Å²) in [7, 11) is 0. The fourth-order valence-corrected chi connectivity index (χ4v) is 1.60.